The SMILES string of the molecule is CCCCCCCCCCCCCCCC(=O)O[C@H](COC(=O)CCCCC(=O)C[C@@H]1[C@@H](/C=C/[C@@H](O)CCCCC)[C@H](O)C[C@@H]1O)COP(=O)(O)OC[C@@H](O)CO. The summed E-state index contributed by atoms with van der Waals surface area (Å²) in [5, 5.41) is 49.6. The van der Waals surface area contributed by atoms with E-state index in [0.29, 0.717) is 25.7 Å². The van der Waals surface area contributed by atoms with Crippen LogP contribution in [-0.4, -0.2) is 105 Å². The molecule has 1 unspecified atom stereocenters. The van der Waals surface area contributed by atoms with Crippen molar-refractivity contribution in [3.8, 4) is 0 Å². The largest absolute Gasteiger partial charge is 0.472 e. The zero-order chi connectivity index (χ0) is 42.3. The Kier molecular flexibility index (Phi) is 30.9. The van der Waals surface area contributed by atoms with E-state index < -0.39 is 88.5 Å². The van der Waals surface area contributed by atoms with Gasteiger partial charge in [-0.25, -0.2) is 4.57 Å². The number of Topliss-reactive ketones (excluding diaryl/α,β-unsaturated/α-hetero) is 1. The third kappa shape index (κ3) is 27.6. The van der Waals surface area contributed by atoms with Crippen molar-refractivity contribution in [3.63, 3.8) is 0 Å². The van der Waals surface area contributed by atoms with Crippen LogP contribution in [0, 0.1) is 11.8 Å². The molecule has 0 amide bonds. The molecule has 8 atom stereocenters. The summed E-state index contributed by atoms with van der Waals surface area (Å²) in [6.07, 6.45) is 18.1. The summed E-state index contributed by atoms with van der Waals surface area (Å²) in [5.74, 6) is -2.24. The molecule has 0 saturated heterocycles. The molecule has 6 N–H and O–H groups in total. The fraction of sp³-hybridized carbons (Fsp3) is 0.881. The summed E-state index contributed by atoms with van der Waals surface area (Å²) >= 11 is 0. The number of aliphatic hydroxyl groups is 5. The summed E-state index contributed by atoms with van der Waals surface area (Å²) in [4.78, 5) is 48.0. The molecule has 0 bridgehead atoms. The summed E-state index contributed by atoms with van der Waals surface area (Å²) in [5.41, 5.74) is 0. The fourth-order valence-corrected chi connectivity index (χ4v) is 7.72. The van der Waals surface area contributed by atoms with E-state index in [1.165, 1.54) is 57.8 Å². The number of hydrogen-bond acceptors (Lipinski definition) is 13. The van der Waals surface area contributed by atoms with Crippen LogP contribution in [0.5, 0.6) is 0 Å². The average Bonchev–Trinajstić information content (AvgIpc) is 3.44. The second kappa shape index (κ2) is 33.0. The standard InChI is InChI=1S/C42H77O14P/c1-3-5-7-8-9-10-11-12-13-14-15-16-18-24-42(50)56-36(32-55-57(51,52)54-30-35(46)29-43)31-53-41(49)23-20-19-22-34(45)27-38-37(39(47)28-40(38)48)26-25-33(44)21-17-6-4-2/h25-26,33,35-40,43-44,46-48H,3-24,27-32H2,1-2H3,(H,51,52)/b26-25+/t33-,35-,36+,37+,38+,39+,40-/m0/s1. The Morgan fingerprint density at radius 3 is 1.84 bits per heavy atom. The van der Waals surface area contributed by atoms with Gasteiger partial charge in [-0.05, 0) is 25.7 Å². The molecule has 0 aromatic carbocycles. The lowest BCUT2D eigenvalue weighted by Gasteiger charge is -2.20. The molecular weight excluding hydrogens is 759 g/mol. The van der Waals surface area contributed by atoms with Gasteiger partial charge in [-0.2, -0.15) is 0 Å². The predicted molar refractivity (Wildman–Crippen MR) is 217 cm³/mol. The predicted octanol–water partition coefficient (Wildman–Crippen LogP) is 6.78. The number of ether oxygens (including phenoxy) is 2. The van der Waals surface area contributed by atoms with E-state index >= 15 is 0 Å². The second-order valence-corrected chi connectivity index (χ2v) is 17.1. The molecule has 15 heteroatoms. The molecule has 1 aliphatic carbocycles. The molecule has 14 nitrogen and oxygen atoms in total. The Morgan fingerprint density at radius 1 is 0.702 bits per heavy atom. The van der Waals surface area contributed by atoms with Crippen molar-refractivity contribution in [2.75, 3.05) is 26.4 Å². The maximum Gasteiger partial charge on any atom is 0.472 e. The van der Waals surface area contributed by atoms with Gasteiger partial charge in [0.15, 0.2) is 6.10 Å². The highest BCUT2D eigenvalue weighted by atomic mass is 31.2. The Balaban J connectivity index is 2.50. The minimum absolute atomic E-state index is 0.0412. The van der Waals surface area contributed by atoms with Crippen LogP contribution in [-0.2, 0) is 37.5 Å². The minimum Gasteiger partial charge on any atom is -0.462 e. The lowest BCUT2D eigenvalue weighted by Crippen LogP contribution is -2.29. The molecule has 0 aromatic rings. The van der Waals surface area contributed by atoms with Crippen molar-refractivity contribution in [1.82, 2.24) is 0 Å². The zero-order valence-electron chi connectivity index (χ0n) is 34.9. The van der Waals surface area contributed by atoms with Gasteiger partial charge >= 0.3 is 19.8 Å². The molecule has 0 spiro atoms. The minimum atomic E-state index is -4.70. The second-order valence-electron chi connectivity index (χ2n) is 15.7. The van der Waals surface area contributed by atoms with E-state index in [1.807, 2.05) is 0 Å². The van der Waals surface area contributed by atoms with Crippen molar-refractivity contribution in [2.24, 2.45) is 11.8 Å². The highest BCUT2D eigenvalue weighted by Crippen LogP contribution is 2.43. The van der Waals surface area contributed by atoms with E-state index in [1.54, 1.807) is 12.2 Å². The van der Waals surface area contributed by atoms with E-state index in [4.69, 9.17) is 19.1 Å². The molecule has 0 aromatic heterocycles. The van der Waals surface area contributed by atoms with Crippen LogP contribution in [0.1, 0.15) is 168 Å². The van der Waals surface area contributed by atoms with Gasteiger partial charge in [0, 0.05) is 43.9 Å². The van der Waals surface area contributed by atoms with Crippen LogP contribution in [0.15, 0.2) is 12.2 Å². The lowest BCUT2D eigenvalue weighted by molar-refractivity contribution is -0.161. The quantitative estimate of drug-likeness (QED) is 0.0164. The number of unbranched alkanes of at least 4 members (excludes halogenated alkanes) is 15. The topological polar surface area (TPSA) is 227 Å². The zero-order valence-corrected chi connectivity index (χ0v) is 35.8. The van der Waals surface area contributed by atoms with Crippen LogP contribution >= 0.6 is 7.82 Å². The van der Waals surface area contributed by atoms with Crippen molar-refractivity contribution in [3.05, 3.63) is 12.2 Å². The number of ketones is 1. The fourth-order valence-electron chi connectivity index (χ4n) is 6.93. The van der Waals surface area contributed by atoms with Gasteiger partial charge in [0.2, 0.25) is 0 Å². The number of carbonyl (C=O) groups is 3. The molecule has 57 heavy (non-hydrogen) atoms. The van der Waals surface area contributed by atoms with E-state index in [2.05, 4.69) is 18.4 Å². The monoisotopic (exact) mass is 837 g/mol. The van der Waals surface area contributed by atoms with Crippen LogP contribution in [0.3, 0.4) is 0 Å². The van der Waals surface area contributed by atoms with Crippen LogP contribution < -0.4 is 0 Å². The molecule has 0 radical (unpaired) electrons. The molecule has 1 saturated carbocycles. The Morgan fingerprint density at radius 2 is 1.23 bits per heavy atom. The first kappa shape index (κ1) is 53.3. The Hall–Kier alpha value is -1.74. The van der Waals surface area contributed by atoms with Crippen LogP contribution in [0.2, 0.25) is 0 Å². The third-order valence-electron chi connectivity index (χ3n) is 10.4. The van der Waals surface area contributed by atoms with Crippen molar-refractivity contribution in [1.29, 1.82) is 0 Å². The molecule has 0 aliphatic heterocycles. The maximum atomic E-state index is 12.8. The lowest BCUT2D eigenvalue weighted by atomic mass is 9.87. The number of carbonyl (C=O) groups excluding carboxylic acids is 3. The van der Waals surface area contributed by atoms with Gasteiger partial charge in [0.05, 0.1) is 38.1 Å². The number of hydrogen-bond donors (Lipinski definition) is 6. The molecule has 0 heterocycles. The van der Waals surface area contributed by atoms with Gasteiger partial charge in [-0.3, -0.25) is 23.4 Å². The highest BCUT2D eigenvalue weighted by molar-refractivity contribution is 7.47. The van der Waals surface area contributed by atoms with E-state index in [9.17, 15) is 44.3 Å². The van der Waals surface area contributed by atoms with Crippen molar-refractivity contribution in [2.45, 2.75) is 198 Å². The smallest absolute Gasteiger partial charge is 0.462 e. The van der Waals surface area contributed by atoms with Crippen molar-refractivity contribution >= 4 is 25.5 Å². The van der Waals surface area contributed by atoms with E-state index in [0.717, 1.165) is 38.5 Å². The summed E-state index contributed by atoms with van der Waals surface area (Å²) in [7, 11) is -4.70. The Bertz CT molecular complexity index is 1140. The summed E-state index contributed by atoms with van der Waals surface area (Å²) in [6.45, 7) is 1.85. The number of esters is 2. The first-order chi connectivity index (χ1) is 27.3. The van der Waals surface area contributed by atoms with Gasteiger partial charge in [-0.1, -0.05) is 122 Å². The van der Waals surface area contributed by atoms with Crippen LogP contribution in [0.25, 0.3) is 0 Å². The number of phosphoric ester groups is 1. The number of rotatable bonds is 37. The maximum absolute atomic E-state index is 12.8. The summed E-state index contributed by atoms with van der Waals surface area (Å²) in [6, 6.07) is 0. The molecule has 334 valence electrons. The molecular formula is C42H77O14P. The number of phosphoric acid groups is 1. The molecule has 1 rings (SSSR count). The third-order valence-corrected chi connectivity index (χ3v) is 11.4. The summed E-state index contributed by atoms with van der Waals surface area (Å²) < 4.78 is 32.6. The van der Waals surface area contributed by atoms with Gasteiger partial charge < -0.3 is 39.9 Å². The Labute approximate surface area is 341 Å². The normalized spacial score (nSPS) is 21.0. The van der Waals surface area contributed by atoms with Gasteiger partial charge in [0.1, 0.15) is 18.5 Å². The molecule has 1 aliphatic rings. The van der Waals surface area contributed by atoms with E-state index in [-0.39, 0.29) is 37.9 Å². The van der Waals surface area contributed by atoms with Crippen LogP contribution in [0.4, 0.5) is 0 Å². The molecule has 1 fully saturated rings. The number of aliphatic hydroxyl groups excluding tert-OH is 5. The van der Waals surface area contributed by atoms with Crippen molar-refractivity contribution < 1.29 is 67.9 Å². The highest BCUT2D eigenvalue weighted by Gasteiger charge is 2.41. The first-order valence-electron chi connectivity index (χ1n) is 21.8. The first-order valence-corrected chi connectivity index (χ1v) is 23.3. The van der Waals surface area contributed by atoms with Gasteiger partial charge in [0.25, 0.3) is 0 Å². The van der Waals surface area contributed by atoms with Gasteiger partial charge in [-0.15, -0.1) is 0 Å². The average molecular weight is 837 g/mol.